The van der Waals surface area contributed by atoms with Crippen LogP contribution in [0.1, 0.15) is 52.9 Å². The fourth-order valence-corrected chi connectivity index (χ4v) is 4.72. The number of nitrogens with zero attached hydrogens (tertiary/aromatic N) is 1. The number of amides is 1. The Kier molecular flexibility index (Phi) is 8.07. The van der Waals surface area contributed by atoms with Gasteiger partial charge in [0.25, 0.3) is 0 Å². The van der Waals surface area contributed by atoms with Gasteiger partial charge in [0.05, 0.1) is 25.8 Å². The predicted octanol–water partition coefficient (Wildman–Crippen LogP) is 3.63. The normalized spacial score (nSPS) is 21.2. The molecule has 0 aliphatic heterocycles. The lowest BCUT2D eigenvalue weighted by molar-refractivity contribution is -0.854. The first-order valence-corrected chi connectivity index (χ1v) is 10.8. The third-order valence-corrected chi connectivity index (χ3v) is 6.12. The van der Waals surface area contributed by atoms with Crippen LogP contribution in [0.4, 0.5) is 0 Å². The minimum atomic E-state index is -4.30. The molecule has 1 amide bonds. The van der Waals surface area contributed by atoms with Gasteiger partial charge in [0, 0.05) is 0 Å². The van der Waals surface area contributed by atoms with E-state index in [0.29, 0.717) is 24.0 Å². The SMILES string of the molecule is CCCCCC[N+](CC)(CC)C(=O)C1(CP(=O)(O)O)C=CC=CC1. The van der Waals surface area contributed by atoms with Crippen molar-refractivity contribution in [1.82, 2.24) is 0 Å². The van der Waals surface area contributed by atoms with Crippen molar-refractivity contribution in [3.63, 3.8) is 0 Å². The second-order valence-electron chi connectivity index (χ2n) is 6.84. The number of carbonyl (C=O) groups is 1. The summed E-state index contributed by atoms with van der Waals surface area (Å²) in [6, 6.07) is 0. The molecule has 0 fully saturated rings. The Bertz CT molecular complexity index is 519. The minimum Gasteiger partial charge on any atom is -0.324 e. The van der Waals surface area contributed by atoms with E-state index in [0.717, 1.165) is 32.2 Å². The lowest BCUT2D eigenvalue weighted by Crippen LogP contribution is -2.59. The van der Waals surface area contributed by atoms with Crippen molar-refractivity contribution in [3.05, 3.63) is 24.3 Å². The summed E-state index contributed by atoms with van der Waals surface area (Å²) in [5, 5.41) is 0. The van der Waals surface area contributed by atoms with E-state index in [1.165, 1.54) is 0 Å². The van der Waals surface area contributed by atoms with Crippen LogP contribution in [0.25, 0.3) is 0 Å². The summed E-state index contributed by atoms with van der Waals surface area (Å²) in [6.07, 6.45) is 11.4. The molecule has 0 aromatic carbocycles. The van der Waals surface area contributed by atoms with Crippen molar-refractivity contribution < 1.29 is 23.6 Å². The zero-order chi connectivity index (χ0) is 18.3. The van der Waals surface area contributed by atoms with E-state index >= 15 is 0 Å². The van der Waals surface area contributed by atoms with Gasteiger partial charge in [0.1, 0.15) is 5.41 Å². The Morgan fingerprint density at radius 2 is 1.79 bits per heavy atom. The Morgan fingerprint density at radius 1 is 1.12 bits per heavy atom. The summed E-state index contributed by atoms with van der Waals surface area (Å²) in [4.78, 5) is 32.6. The van der Waals surface area contributed by atoms with Gasteiger partial charge >= 0.3 is 13.5 Å². The number of hydrogen-bond donors (Lipinski definition) is 2. The van der Waals surface area contributed by atoms with Crippen LogP contribution in [0, 0.1) is 5.41 Å². The molecular weight excluding hydrogens is 325 g/mol. The highest BCUT2D eigenvalue weighted by molar-refractivity contribution is 7.51. The number of rotatable bonds is 10. The minimum absolute atomic E-state index is 0.0482. The molecule has 24 heavy (non-hydrogen) atoms. The smallest absolute Gasteiger partial charge is 0.324 e. The van der Waals surface area contributed by atoms with Gasteiger partial charge in [-0.15, -0.1) is 0 Å². The van der Waals surface area contributed by atoms with Crippen LogP contribution in [-0.4, -0.2) is 46.0 Å². The first-order chi connectivity index (χ1) is 11.3. The summed E-state index contributed by atoms with van der Waals surface area (Å²) < 4.78 is 12.0. The van der Waals surface area contributed by atoms with Crippen LogP contribution in [-0.2, 0) is 9.36 Å². The van der Waals surface area contributed by atoms with E-state index in [1.807, 2.05) is 26.0 Å². The molecule has 0 heterocycles. The maximum absolute atomic E-state index is 13.5. The summed E-state index contributed by atoms with van der Waals surface area (Å²) in [6.45, 7) is 8.20. The maximum atomic E-state index is 13.5. The predicted molar refractivity (Wildman–Crippen MR) is 97.6 cm³/mol. The summed E-state index contributed by atoms with van der Waals surface area (Å²) >= 11 is 0. The van der Waals surface area contributed by atoms with Gasteiger partial charge in [0.15, 0.2) is 0 Å². The van der Waals surface area contributed by atoms with E-state index in [9.17, 15) is 19.1 Å². The molecule has 138 valence electrons. The van der Waals surface area contributed by atoms with Crippen molar-refractivity contribution in [2.24, 2.45) is 5.41 Å². The fourth-order valence-electron chi connectivity index (χ4n) is 3.62. The van der Waals surface area contributed by atoms with Gasteiger partial charge in [-0.2, -0.15) is 0 Å². The number of allylic oxidation sites excluding steroid dienone is 3. The monoisotopic (exact) mass is 358 g/mol. The van der Waals surface area contributed by atoms with E-state index in [2.05, 4.69) is 6.92 Å². The standard InChI is InChI=1S/C18H32NO4P/c1-4-7-8-12-15-19(5-2,6-3)17(20)18(16-24(21,22)23)13-10-9-11-14-18/h9-11,13H,4-8,12,14-16H2,1-3H3,(H-,21,22,23)/p+1. The third-order valence-electron chi connectivity index (χ3n) is 5.14. The molecule has 0 radical (unpaired) electrons. The van der Waals surface area contributed by atoms with Crippen LogP contribution < -0.4 is 0 Å². The first-order valence-electron chi connectivity index (χ1n) is 9.05. The molecule has 2 N–H and O–H groups in total. The second kappa shape index (κ2) is 9.10. The van der Waals surface area contributed by atoms with Crippen molar-refractivity contribution in [2.45, 2.75) is 52.9 Å². The molecule has 1 rings (SSSR count). The summed E-state index contributed by atoms with van der Waals surface area (Å²) in [5.41, 5.74) is -1.09. The molecule has 6 heteroatoms. The topological polar surface area (TPSA) is 74.6 Å². The van der Waals surface area contributed by atoms with Crippen LogP contribution in [0.2, 0.25) is 0 Å². The highest BCUT2D eigenvalue weighted by Gasteiger charge is 2.51. The molecular formula is C18H33NO4P+. The number of carbonyl (C=O) groups excluding carboxylic acids is 1. The van der Waals surface area contributed by atoms with Crippen LogP contribution in [0.15, 0.2) is 24.3 Å². The van der Waals surface area contributed by atoms with Crippen molar-refractivity contribution in [2.75, 3.05) is 25.8 Å². The molecule has 5 nitrogen and oxygen atoms in total. The molecule has 1 aliphatic rings. The molecule has 1 atom stereocenters. The van der Waals surface area contributed by atoms with E-state index in [-0.39, 0.29) is 5.91 Å². The van der Waals surface area contributed by atoms with Crippen LogP contribution in [0.5, 0.6) is 0 Å². The maximum Gasteiger partial charge on any atom is 0.327 e. The average Bonchev–Trinajstić information content (AvgIpc) is 2.54. The fraction of sp³-hybridized carbons (Fsp3) is 0.722. The highest BCUT2D eigenvalue weighted by atomic mass is 31.2. The molecule has 0 spiro atoms. The van der Waals surface area contributed by atoms with E-state index < -0.39 is 19.2 Å². The van der Waals surface area contributed by atoms with Gasteiger partial charge in [0.2, 0.25) is 0 Å². The van der Waals surface area contributed by atoms with Crippen LogP contribution >= 0.6 is 7.60 Å². The average molecular weight is 358 g/mol. The molecule has 0 aromatic heterocycles. The third kappa shape index (κ3) is 5.38. The molecule has 0 saturated carbocycles. The molecule has 1 unspecified atom stereocenters. The molecule has 0 aromatic rings. The van der Waals surface area contributed by atoms with Crippen molar-refractivity contribution in [1.29, 1.82) is 0 Å². The number of quaternary nitrogens is 1. The second-order valence-corrected chi connectivity index (χ2v) is 8.48. The zero-order valence-corrected chi connectivity index (χ0v) is 16.2. The zero-order valence-electron chi connectivity index (χ0n) is 15.3. The van der Waals surface area contributed by atoms with Gasteiger partial charge in [-0.05, 0) is 33.1 Å². The van der Waals surface area contributed by atoms with Gasteiger partial charge < -0.3 is 9.79 Å². The van der Waals surface area contributed by atoms with Gasteiger partial charge in [-0.1, -0.05) is 44.1 Å². The van der Waals surface area contributed by atoms with Crippen molar-refractivity contribution in [3.8, 4) is 0 Å². The Labute approximate surface area is 146 Å². The Balaban J connectivity index is 3.09. The summed E-state index contributed by atoms with van der Waals surface area (Å²) in [5.74, 6) is -0.0482. The number of hydrogen-bond acceptors (Lipinski definition) is 2. The number of unbranched alkanes of at least 4 members (excludes halogenated alkanes) is 3. The van der Waals surface area contributed by atoms with Gasteiger partial charge in [-0.3, -0.25) is 9.05 Å². The Hall–Kier alpha value is -0.740. The van der Waals surface area contributed by atoms with Crippen molar-refractivity contribution >= 4 is 13.5 Å². The largest absolute Gasteiger partial charge is 0.327 e. The molecule has 1 aliphatic carbocycles. The highest BCUT2D eigenvalue weighted by Crippen LogP contribution is 2.47. The molecule has 0 saturated heterocycles. The quantitative estimate of drug-likeness (QED) is 0.355. The van der Waals surface area contributed by atoms with Gasteiger partial charge in [-0.25, -0.2) is 4.79 Å². The lowest BCUT2D eigenvalue weighted by Gasteiger charge is -2.41. The van der Waals surface area contributed by atoms with Crippen LogP contribution in [0.3, 0.4) is 0 Å². The first kappa shape index (κ1) is 21.3. The van der Waals surface area contributed by atoms with E-state index in [1.54, 1.807) is 12.2 Å². The Morgan fingerprint density at radius 3 is 2.25 bits per heavy atom. The lowest BCUT2D eigenvalue weighted by atomic mass is 9.81. The van der Waals surface area contributed by atoms with E-state index in [4.69, 9.17) is 0 Å². The summed E-state index contributed by atoms with van der Waals surface area (Å²) in [7, 11) is -4.30. The molecule has 0 bridgehead atoms.